The van der Waals surface area contributed by atoms with E-state index >= 15 is 0 Å². The molecule has 1 aliphatic rings. The smallest absolute Gasteiger partial charge is 0.243 e. The molecule has 2 rings (SSSR count). The van der Waals surface area contributed by atoms with Crippen LogP contribution < -0.4 is 10.6 Å². The van der Waals surface area contributed by atoms with Gasteiger partial charge in [-0.15, -0.1) is 11.3 Å². The van der Waals surface area contributed by atoms with Crippen LogP contribution in [-0.4, -0.2) is 23.5 Å². The Bertz CT molecular complexity index is 377. The molecule has 88 valence electrons. The molecule has 2 N–H and O–H groups in total. The Morgan fingerprint density at radius 2 is 2.50 bits per heavy atom. The summed E-state index contributed by atoms with van der Waals surface area (Å²) in [5, 5.41) is 8.73. The topological polar surface area (TPSA) is 54.0 Å². The summed E-state index contributed by atoms with van der Waals surface area (Å²) >= 11 is 1.47. The molecule has 1 amide bonds. The molecule has 1 aromatic heterocycles. The van der Waals surface area contributed by atoms with Gasteiger partial charge in [0.05, 0.1) is 11.7 Å². The van der Waals surface area contributed by atoms with Gasteiger partial charge in [-0.1, -0.05) is 6.92 Å². The third-order valence-corrected chi connectivity index (χ3v) is 3.71. The van der Waals surface area contributed by atoms with Crippen LogP contribution in [0.25, 0.3) is 0 Å². The summed E-state index contributed by atoms with van der Waals surface area (Å²) < 4.78 is 0. The first kappa shape index (κ1) is 11.5. The molecule has 1 aromatic rings. The summed E-state index contributed by atoms with van der Waals surface area (Å²) in [5.74, 6) is 0.663. The van der Waals surface area contributed by atoms with Crippen LogP contribution >= 0.6 is 11.3 Å². The minimum Gasteiger partial charge on any atom is -0.306 e. The highest BCUT2D eigenvalue weighted by atomic mass is 32.1. The molecule has 0 spiro atoms. The Morgan fingerprint density at radius 3 is 3.12 bits per heavy atom. The molecular formula is C11H17N3OS. The number of aryl methyl sites for hydroxylation is 1. The Labute approximate surface area is 99.5 Å². The highest BCUT2D eigenvalue weighted by Crippen LogP contribution is 2.18. The second-order valence-corrected chi connectivity index (χ2v) is 5.28. The van der Waals surface area contributed by atoms with Crippen molar-refractivity contribution in [1.82, 2.24) is 10.3 Å². The summed E-state index contributed by atoms with van der Waals surface area (Å²) in [4.78, 5) is 16.1. The van der Waals surface area contributed by atoms with Gasteiger partial charge in [-0.3, -0.25) is 4.79 Å². The van der Waals surface area contributed by atoms with Gasteiger partial charge in [0.15, 0.2) is 5.13 Å². The van der Waals surface area contributed by atoms with E-state index in [2.05, 4.69) is 22.5 Å². The maximum atomic E-state index is 11.9. The van der Waals surface area contributed by atoms with E-state index < -0.39 is 0 Å². The van der Waals surface area contributed by atoms with Crippen LogP contribution in [-0.2, 0) is 4.79 Å². The average Bonchev–Trinajstić information content (AvgIpc) is 2.64. The fourth-order valence-corrected chi connectivity index (χ4v) is 2.60. The third kappa shape index (κ3) is 2.80. The molecule has 4 nitrogen and oxygen atoms in total. The molecule has 5 heteroatoms. The van der Waals surface area contributed by atoms with E-state index in [1.807, 2.05) is 12.3 Å². The van der Waals surface area contributed by atoms with E-state index in [1.165, 1.54) is 11.3 Å². The van der Waals surface area contributed by atoms with Crippen molar-refractivity contribution in [2.45, 2.75) is 32.7 Å². The number of nitrogens with one attached hydrogen (secondary N) is 2. The molecule has 0 saturated carbocycles. The number of nitrogens with zero attached hydrogens (tertiary/aromatic N) is 1. The average molecular weight is 239 g/mol. The number of rotatable bonds is 2. The Kier molecular flexibility index (Phi) is 3.56. The van der Waals surface area contributed by atoms with Crippen LogP contribution in [0.15, 0.2) is 5.38 Å². The van der Waals surface area contributed by atoms with Crippen molar-refractivity contribution in [3.8, 4) is 0 Å². The van der Waals surface area contributed by atoms with Crippen molar-refractivity contribution >= 4 is 22.4 Å². The summed E-state index contributed by atoms with van der Waals surface area (Å²) in [7, 11) is 0. The maximum Gasteiger partial charge on any atom is 0.243 e. The van der Waals surface area contributed by atoms with Gasteiger partial charge in [0.25, 0.3) is 0 Å². The first-order chi connectivity index (χ1) is 7.65. The van der Waals surface area contributed by atoms with Gasteiger partial charge in [0.2, 0.25) is 5.91 Å². The fourth-order valence-electron chi connectivity index (χ4n) is 1.91. The lowest BCUT2D eigenvalue weighted by Crippen LogP contribution is -2.45. The Morgan fingerprint density at radius 1 is 1.69 bits per heavy atom. The van der Waals surface area contributed by atoms with Gasteiger partial charge < -0.3 is 10.6 Å². The number of anilines is 1. The van der Waals surface area contributed by atoms with Crippen molar-refractivity contribution in [1.29, 1.82) is 0 Å². The molecule has 0 aromatic carbocycles. The second-order valence-electron chi connectivity index (χ2n) is 4.42. The summed E-state index contributed by atoms with van der Waals surface area (Å²) in [5.41, 5.74) is 0.949. The molecule has 16 heavy (non-hydrogen) atoms. The van der Waals surface area contributed by atoms with E-state index in [9.17, 15) is 4.79 Å². The lowest BCUT2D eigenvalue weighted by atomic mass is 9.94. The van der Waals surface area contributed by atoms with Crippen LogP contribution in [0.4, 0.5) is 5.13 Å². The number of hydrogen-bond donors (Lipinski definition) is 2. The largest absolute Gasteiger partial charge is 0.306 e. The lowest BCUT2D eigenvalue weighted by Gasteiger charge is -2.26. The van der Waals surface area contributed by atoms with Crippen LogP contribution in [0, 0.1) is 12.8 Å². The lowest BCUT2D eigenvalue weighted by molar-refractivity contribution is -0.119. The first-order valence-electron chi connectivity index (χ1n) is 5.61. The molecule has 0 aliphatic carbocycles. The molecule has 0 radical (unpaired) electrons. The van der Waals surface area contributed by atoms with Crippen LogP contribution in [0.5, 0.6) is 0 Å². The molecule has 2 heterocycles. The SMILES string of the molecule is Cc1csc(NC(=O)C2CC(C)CCN2)n1. The first-order valence-corrected chi connectivity index (χ1v) is 6.49. The van der Waals surface area contributed by atoms with Gasteiger partial charge in [0, 0.05) is 5.38 Å². The molecular weight excluding hydrogens is 222 g/mol. The van der Waals surface area contributed by atoms with Gasteiger partial charge in [-0.05, 0) is 32.2 Å². The zero-order chi connectivity index (χ0) is 11.5. The number of amides is 1. The van der Waals surface area contributed by atoms with Gasteiger partial charge in [-0.25, -0.2) is 4.98 Å². The van der Waals surface area contributed by atoms with Gasteiger partial charge in [0.1, 0.15) is 0 Å². The van der Waals surface area contributed by atoms with Crippen LogP contribution in [0.2, 0.25) is 0 Å². The van der Waals surface area contributed by atoms with E-state index in [0.717, 1.165) is 25.1 Å². The quantitative estimate of drug-likeness (QED) is 0.827. The number of carbonyl (C=O) groups excluding carboxylic acids is 1. The Balaban J connectivity index is 1.92. The van der Waals surface area contributed by atoms with E-state index in [-0.39, 0.29) is 11.9 Å². The highest BCUT2D eigenvalue weighted by Gasteiger charge is 2.24. The minimum atomic E-state index is -0.0621. The monoisotopic (exact) mass is 239 g/mol. The molecule has 1 saturated heterocycles. The van der Waals surface area contributed by atoms with Crippen molar-refractivity contribution in [3.05, 3.63) is 11.1 Å². The number of thiazole rings is 1. The zero-order valence-corrected chi connectivity index (χ0v) is 10.4. The van der Waals surface area contributed by atoms with E-state index in [4.69, 9.17) is 0 Å². The molecule has 2 atom stereocenters. The highest BCUT2D eigenvalue weighted by molar-refractivity contribution is 7.13. The second kappa shape index (κ2) is 4.93. The molecule has 0 bridgehead atoms. The predicted molar refractivity (Wildman–Crippen MR) is 65.7 cm³/mol. The summed E-state index contributed by atoms with van der Waals surface area (Å²) in [6.45, 7) is 5.04. The summed E-state index contributed by atoms with van der Waals surface area (Å²) in [6.07, 6.45) is 2.07. The van der Waals surface area contributed by atoms with Crippen molar-refractivity contribution in [2.75, 3.05) is 11.9 Å². The maximum absolute atomic E-state index is 11.9. The molecule has 1 aliphatic heterocycles. The third-order valence-electron chi connectivity index (χ3n) is 2.83. The van der Waals surface area contributed by atoms with Crippen LogP contribution in [0.3, 0.4) is 0 Å². The molecule has 2 unspecified atom stereocenters. The van der Waals surface area contributed by atoms with E-state index in [1.54, 1.807) is 0 Å². The number of piperidine rings is 1. The van der Waals surface area contributed by atoms with Crippen molar-refractivity contribution in [2.24, 2.45) is 5.92 Å². The van der Waals surface area contributed by atoms with Crippen molar-refractivity contribution in [3.63, 3.8) is 0 Å². The normalized spacial score (nSPS) is 25.4. The number of hydrogen-bond acceptors (Lipinski definition) is 4. The zero-order valence-electron chi connectivity index (χ0n) is 9.62. The summed E-state index contributed by atoms with van der Waals surface area (Å²) in [6, 6.07) is -0.0621. The number of aromatic nitrogens is 1. The Hall–Kier alpha value is -0.940. The van der Waals surface area contributed by atoms with Crippen LogP contribution in [0.1, 0.15) is 25.5 Å². The van der Waals surface area contributed by atoms with Gasteiger partial charge >= 0.3 is 0 Å². The predicted octanol–water partition coefficient (Wildman–Crippen LogP) is 1.78. The van der Waals surface area contributed by atoms with E-state index in [0.29, 0.717) is 11.0 Å². The van der Waals surface area contributed by atoms with Gasteiger partial charge in [-0.2, -0.15) is 0 Å². The standard InChI is InChI=1S/C11H17N3OS/c1-7-3-4-12-9(5-7)10(15)14-11-13-8(2)6-16-11/h6-7,9,12H,3-5H2,1-2H3,(H,13,14,15). The number of carbonyl (C=O) groups is 1. The fraction of sp³-hybridized carbons (Fsp3) is 0.636. The molecule has 1 fully saturated rings. The minimum absolute atomic E-state index is 0.0425. The van der Waals surface area contributed by atoms with Crippen molar-refractivity contribution < 1.29 is 4.79 Å².